The van der Waals surface area contributed by atoms with Crippen molar-refractivity contribution in [1.29, 1.82) is 0 Å². The van der Waals surface area contributed by atoms with Crippen LogP contribution in [0.15, 0.2) is 60.7 Å². The number of carboxylic acid groups (broad SMARTS) is 1. The van der Waals surface area contributed by atoms with Gasteiger partial charge in [-0.05, 0) is 17.5 Å². The van der Waals surface area contributed by atoms with Crippen LogP contribution in [0.4, 0.5) is 13.2 Å². The van der Waals surface area contributed by atoms with Crippen molar-refractivity contribution in [3.05, 3.63) is 71.8 Å². The molecule has 0 spiro atoms. The molecule has 0 bridgehead atoms. The molecule has 2 aromatic rings. The molecule has 0 fully saturated rings. The fourth-order valence-corrected chi connectivity index (χ4v) is 2.64. The van der Waals surface area contributed by atoms with Crippen molar-refractivity contribution in [1.82, 2.24) is 4.90 Å². The zero-order chi connectivity index (χ0) is 18.3. The zero-order valence-corrected chi connectivity index (χ0v) is 13.6. The minimum absolute atomic E-state index is 0.0419. The summed E-state index contributed by atoms with van der Waals surface area (Å²) in [4.78, 5) is 12.8. The summed E-state index contributed by atoms with van der Waals surface area (Å²) in [7, 11) is 0. The van der Waals surface area contributed by atoms with Gasteiger partial charge in [0.2, 0.25) is 0 Å². The molecular weight excluding hydrogens is 331 g/mol. The average molecular weight is 351 g/mol. The summed E-state index contributed by atoms with van der Waals surface area (Å²) in [5.74, 6) is -4.17. The number of rotatable bonds is 8. The Labute approximate surface area is 144 Å². The van der Waals surface area contributed by atoms with Crippen molar-refractivity contribution in [2.45, 2.75) is 25.7 Å². The third kappa shape index (κ3) is 6.23. The lowest BCUT2D eigenvalue weighted by Gasteiger charge is -2.25. The molecule has 134 valence electrons. The Hall–Kier alpha value is -2.34. The molecule has 3 nitrogen and oxygen atoms in total. The monoisotopic (exact) mass is 351 g/mol. The van der Waals surface area contributed by atoms with E-state index in [9.17, 15) is 18.0 Å². The van der Waals surface area contributed by atoms with Crippen molar-refractivity contribution in [3.8, 4) is 0 Å². The predicted octanol–water partition coefficient (Wildman–Crippen LogP) is 4.34. The number of aliphatic carboxylic acids is 1. The molecule has 0 aliphatic carbocycles. The molecule has 0 aliphatic rings. The molecule has 6 heteroatoms. The van der Waals surface area contributed by atoms with Crippen molar-refractivity contribution in [2.24, 2.45) is 5.92 Å². The van der Waals surface area contributed by atoms with Crippen LogP contribution in [0.2, 0.25) is 0 Å². The number of carboxylic acids is 1. The van der Waals surface area contributed by atoms with Crippen LogP contribution in [0.1, 0.15) is 17.5 Å². The van der Waals surface area contributed by atoms with Crippen LogP contribution in [-0.2, 0) is 17.9 Å². The highest BCUT2D eigenvalue weighted by molar-refractivity contribution is 5.70. The Balaban J connectivity index is 2.09. The number of nitrogens with zero attached hydrogens (tertiary/aromatic N) is 1. The van der Waals surface area contributed by atoms with E-state index in [1.165, 1.54) is 0 Å². The summed E-state index contributed by atoms with van der Waals surface area (Å²) in [6.07, 6.45) is -5.21. The maximum Gasteiger partial charge on any atom is 0.402 e. The van der Waals surface area contributed by atoms with Crippen LogP contribution in [-0.4, -0.2) is 28.7 Å². The number of carbonyl (C=O) groups is 1. The second-order valence-electron chi connectivity index (χ2n) is 5.90. The van der Waals surface area contributed by atoms with Crippen molar-refractivity contribution >= 4 is 5.97 Å². The van der Waals surface area contributed by atoms with Gasteiger partial charge in [0.05, 0.1) is 0 Å². The molecule has 25 heavy (non-hydrogen) atoms. The number of hydrogen-bond donors (Lipinski definition) is 1. The quantitative estimate of drug-likeness (QED) is 0.769. The molecule has 1 atom stereocenters. The van der Waals surface area contributed by atoms with Crippen LogP contribution >= 0.6 is 0 Å². The van der Waals surface area contributed by atoms with Crippen molar-refractivity contribution < 1.29 is 23.1 Å². The molecule has 0 heterocycles. The van der Waals surface area contributed by atoms with E-state index in [-0.39, 0.29) is 6.54 Å². The summed E-state index contributed by atoms with van der Waals surface area (Å²) in [5, 5.41) is 8.86. The Morgan fingerprint density at radius 1 is 0.920 bits per heavy atom. The smallest absolute Gasteiger partial charge is 0.402 e. The van der Waals surface area contributed by atoms with Crippen LogP contribution in [0, 0.1) is 5.92 Å². The van der Waals surface area contributed by atoms with Gasteiger partial charge in [0.25, 0.3) is 0 Å². The number of alkyl halides is 3. The summed E-state index contributed by atoms with van der Waals surface area (Å²) >= 11 is 0. The van der Waals surface area contributed by atoms with Crippen LogP contribution in [0.25, 0.3) is 0 Å². The molecular formula is C19H20F3NO2. The lowest BCUT2D eigenvalue weighted by molar-refractivity contribution is -0.195. The van der Waals surface area contributed by atoms with Gasteiger partial charge in [-0.15, -0.1) is 0 Å². The molecule has 0 unspecified atom stereocenters. The van der Waals surface area contributed by atoms with E-state index in [4.69, 9.17) is 5.11 Å². The van der Waals surface area contributed by atoms with E-state index in [2.05, 4.69) is 0 Å². The molecule has 0 radical (unpaired) electrons. The fourth-order valence-electron chi connectivity index (χ4n) is 2.64. The molecule has 2 aromatic carbocycles. The normalized spacial score (nSPS) is 13.0. The largest absolute Gasteiger partial charge is 0.481 e. The average Bonchev–Trinajstić information content (AvgIpc) is 2.55. The predicted molar refractivity (Wildman–Crippen MR) is 88.8 cm³/mol. The highest BCUT2D eigenvalue weighted by Gasteiger charge is 2.44. The highest BCUT2D eigenvalue weighted by atomic mass is 19.4. The topological polar surface area (TPSA) is 40.5 Å². The van der Waals surface area contributed by atoms with E-state index in [0.717, 1.165) is 11.1 Å². The first kappa shape index (κ1) is 19.0. The minimum Gasteiger partial charge on any atom is -0.481 e. The van der Waals surface area contributed by atoms with Gasteiger partial charge < -0.3 is 5.11 Å². The Kier molecular flexibility index (Phi) is 6.58. The lowest BCUT2D eigenvalue weighted by Crippen LogP contribution is -2.35. The van der Waals surface area contributed by atoms with E-state index in [1.54, 1.807) is 0 Å². The van der Waals surface area contributed by atoms with Crippen LogP contribution < -0.4 is 0 Å². The first-order chi connectivity index (χ1) is 11.9. The van der Waals surface area contributed by atoms with Gasteiger partial charge in [0.15, 0.2) is 5.92 Å². The van der Waals surface area contributed by atoms with E-state index in [1.807, 2.05) is 65.6 Å². The van der Waals surface area contributed by atoms with Gasteiger partial charge in [-0.1, -0.05) is 60.7 Å². The minimum atomic E-state index is -4.74. The third-order valence-corrected chi connectivity index (χ3v) is 3.93. The van der Waals surface area contributed by atoms with E-state index in [0.29, 0.717) is 13.1 Å². The first-order valence-corrected chi connectivity index (χ1v) is 7.96. The Bertz CT molecular complexity index is 618. The molecule has 0 aliphatic heterocycles. The number of halogens is 3. The molecule has 0 saturated carbocycles. The Morgan fingerprint density at radius 2 is 1.36 bits per heavy atom. The van der Waals surface area contributed by atoms with Crippen molar-refractivity contribution in [2.75, 3.05) is 6.54 Å². The number of hydrogen-bond acceptors (Lipinski definition) is 2. The fraction of sp³-hybridized carbons (Fsp3) is 0.316. The molecule has 0 saturated heterocycles. The maximum atomic E-state index is 12.9. The van der Waals surface area contributed by atoms with E-state index < -0.39 is 24.5 Å². The Morgan fingerprint density at radius 3 is 1.72 bits per heavy atom. The van der Waals surface area contributed by atoms with E-state index >= 15 is 0 Å². The summed E-state index contributed by atoms with van der Waals surface area (Å²) in [6.45, 7) is 0.958. The van der Waals surface area contributed by atoms with Gasteiger partial charge in [0, 0.05) is 19.6 Å². The van der Waals surface area contributed by atoms with Gasteiger partial charge in [-0.3, -0.25) is 9.69 Å². The number of benzene rings is 2. The standard InChI is InChI=1S/C19H20F3NO2/c20-19(21,22)17(18(24)25)11-12-23(13-15-7-3-1-4-8-15)14-16-9-5-2-6-10-16/h1-10,17H,11-14H2,(H,24,25)/t17-/m1/s1. The first-order valence-electron chi connectivity index (χ1n) is 7.96. The maximum absolute atomic E-state index is 12.9. The second kappa shape index (κ2) is 8.67. The zero-order valence-electron chi connectivity index (χ0n) is 13.6. The summed E-state index contributed by atoms with van der Waals surface area (Å²) in [5.41, 5.74) is 1.94. The van der Waals surface area contributed by atoms with Gasteiger partial charge in [-0.25, -0.2) is 0 Å². The van der Waals surface area contributed by atoms with Gasteiger partial charge in [-0.2, -0.15) is 13.2 Å². The summed E-state index contributed by atoms with van der Waals surface area (Å²) < 4.78 is 38.6. The molecule has 2 rings (SSSR count). The SMILES string of the molecule is O=C(O)[C@@H](CCN(Cc1ccccc1)Cc1ccccc1)C(F)(F)F. The van der Waals surface area contributed by atoms with Crippen LogP contribution in [0.3, 0.4) is 0 Å². The lowest BCUT2D eigenvalue weighted by atomic mass is 10.0. The molecule has 0 aromatic heterocycles. The van der Waals surface area contributed by atoms with Crippen LogP contribution in [0.5, 0.6) is 0 Å². The van der Waals surface area contributed by atoms with Gasteiger partial charge in [0.1, 0.15) is 0 Å². The second-order valence-corrected chi connectivity index (χ2v) is 5.90. The summed E-state index contributed by atoms with van der Waals surface area (Å²) in [6, 6.07) is 18.8. The molecule has 1 N–H and O–H groups in total. The van der Waals surface area contributed by atoms with Crippen molar-refractivity contribution in [3.63, 3.8) is 0 Å². The van der Waals surface area contributed by atoms with Gasteiger partial charge >= 0.3 is 12.1 Å². The molecule has 0 amide bonds. The highest BCUT2D eigenvalue weighted by Crippen LogP contribution is 2.29. The third-order valence-electron chi connectivity index (χ3n) is 3.93.